The first-order valence-corrected chi connectivity index (χ1v) is 8.08. The van der Waals surface area contributed by atoms with Crippen LogP contribution in [0.5, 0.6) is 0 Å². The summed E-state index contributed by atoms with van der Waals surface area (Å²) in [6.45, 7) is 11.9. The highest BCUT2D eigenvalue weighted by molar-refractivity contribution is 5.52. The van der Waals surface area contributed by atoms with Crippen LogP contribution in [0, 0.1) is 13.8 Å². The number of pyridine rings is 1. The van der Waals surface area contributed by atoms with Crippen LogP contribution in [-0.2, 0) is 6.54 Å². The van der Waals surface area contributed by atoms with Gasteiger partial charge in [-0.25, -0.2) is 4.98 Å². The first kappa shape index (κ1) is 15.3. The second kappa shape index (κ2) is 7.07. The third kappa shape index (κ3) is 3.51. The van der Waals surface area contributed by atoms with E-state index in [0.29, 0.717) is 6.04 Å². The normalized spacial score (nSPS) is 20.0. The molecule has 20 heavy (non-hydrogen) atoms. The molecular formula is C17H29N3. The molecule has 1 aliphatic heterocycles. The third-order valence-electron chi connectivity index (χ3n) is 4.33. The van der Waals surface area contributed by atoms with Gasteiger partial charge in [0.05, 0.1) is 0 Å². The monoisotopic (exact) mass is 275 g/mol. The Bertz CT molecular complexity index is 442. The zero-order valence-electron chi connectivity index (χ0n) is 13.5. The Morgan fingerprint density at radius 1 is 1.30 bits per heavy atom. The highest BCUT2D eigenvalue weighted by Gasteiger charge is 2.22. The Hall–Kier alpha value is -1.09. The molecule has 3 nitrogen and oxygen atoms in total. The van der Waals surface area contributed by atoms with Crippen LogP contribution in [-0.4, -0.2) is 24.1 Å². The fourth-order valence-electron chi connectivity index (χ4n) is 3.14. The molecule has 0 bridgehead atoms. The molecular weight excluding hydrogens is 246 g/mol. The predicted molar refractivity (Wildman–Crippen MR) is 86.4 cm³/mol. The van der Waals surface area contributed by atoms with Gasteiger partial charge in [0.2, 0.25) is 0 Å². The van der Waals surface area contributed by atoms with E-state index in [-0.39, 0.29) is 0 Å². The Morgan fingerprint density at radius 2 is 2.10 bits per heavy atom. The molecule has 1 aromatic heterocycles. The van der Waals surface area contributed by atoms with Crippen LogP contribution < -0.4 is 10.2 Å². The lowest BCUT2D eigenvalue weighted by Gasteiger charge is -2.31. The van der Waals surface area contributed by atoms with Crippen molar-refractivity contribution in [2.24, 2.45) is 0 Å². The van der Waals surface area contributed by atoms with E-state index in [1.54, 1.807) is 0 Å². The van der Waals surface area contributed by atoms with E-state index in [9.17, 15) is 0 Å². The van der Waals surface area contributed by atoms with Crippen LogP contribution >= 0.6 is 0 Å². The predicted octanol–water partition coefficient (Wildman–Crippen LogP) is 3.58. The maximum absolute atomic E-state index is 4.89. The van der Waals surface area contributed by atoms with E-state index in [1.165, 1.54) is 42.6 Å². The molecule has 0 radical (unpaired) electrons. The lowest BCUT2D eigenvalue weighted by molar-refractivity contribution is 0.605. The summed E-state index contributed by atoms with van der Waals surface area (Å²) in [6.07, 6.45) is 5.29. The molecule has 2 heterocycles. The maximum Gasteiger partial charge on any atom is 0.133 e. The van der Waals surface area contributed by atoms with Gasteiger partial charge < -0.3 is 10.2 Å². The van der Waals surface area contributed by atoms with Gasteiger partial charge in [-0.05, 0) is 51.8 Å². The van der Waals surface area contributed by atoms with Gasteiger partial charge in [-0.2, -0.15) is 0 Å². The Morgan fingerprint density at radius 3 is 2.85 bits per heavy atom. The lowest BCUT2D eigenvalue weighted by Crippen LogP contribution is -2.35. The van der Waals surface area contributed by atoms with Gasteiger partial charge in [-0.1, -0.05) is 19.8 Å². The molecule has 0 spiro atoms. The lowest BCUT2D eigenvalue weighted by atomic mass is 10.1. The molecule has 1 unspecified atom stereocenters. The van der Waals surface area contributed by atoms with Gasteiger partial charge in [0, 0.05) is 30.4 Å². The largest absolute Gasteiger partial charge is 0.354 e. The van der Waals surface area contributed by atoms with Crippen molar-refractivity contribution in [2.75, 3.05) is 18.0 Å². The number of rotatable bonds is 4. The summed E-state index contributed by atoms with van der Waals surface area (Å²) in [5.74, 6) is 1.22. The number of nitrogens with one attached hydrogen (secondary N) is 1. The minimum atomic E-state index is 0.603. The molecule has 3 heteroatoms. The highest BCUT2D eigenvalue weighted by atomic mass is 15.2. The van der Waals surface area contributed by atoms with Gasteiger partial charge in [0.15, 0.2) is 0 Å². The second-order valence-corrected chi connectivity index (χ2v) is 6.05. The summed E-state index contributed by atoms with van der Waals surface area (Å²) in [6, 6.07) is 2.81. The quantitative estimate of drug-likeness (QED) is 0.910. The Kier molecular flexibility index (Phi) is 5.41. The van der Waals surface area contributed by atoms with Gasteiger partial charge in [-0.15, -0.1) is 0 Å². The number of aromatic nitrogens is 1. The van der Waals surface area contributed by atoms with Gasteiger partial charge >= 0.3 is 0 Å². The van der Waals surface area contributed by atoms with Crippen molar-refractivity contribution in [3.05, 3.63) is 22.9 Å². The number of hydrogen-bond acceptors (Lipinski definition) is 3. The van der Waals surface area contributed by atoms with E-state index in [4.69, 9.17) is 4.98 Å². The van der Waals surface area contributed by atoms with Crippen molar-refractivity contribution in [2.45, 2.75) is 66.0 Å². The number of anilines is 1. The summed E-state index contributed by atoms with van der Waals surface area (Å²) >= 11 is 0. The number of aryl methyl sites for hydroxylation is 2. The van der Waals surface area contributed by atoms with Crippen molar-refractivity contribution in [3.63, 3.8) is 0 Å². The molecule has 1 N–H and O–H groups in total. The zero-order chi connectivity index (χ0) is 14.5. The molecule has 1 aromatic rings. The number of hydrogen-bond donors (Lipinski definition) is 1. The van der Waals surface area contributed by atoms with Gasteiger partial charge in [0.1, 0.15) is 5.82 Å². The van der Waals surface area contributed by atoms with Gasteiger partial charge in [0.25, 0.3) is 0 Å². The highest BCUT2D eigenvalue weighted by Crippen LogP contribution is 2.28. The zero-order valence-corrected chi connectivity index (χ0v) is 13.5. The number of nitrogens with zero attached hydrogens (tertiary/aromatic N) is 2. The minimum Gasteiger partial charge on any atom is -0.354 e. The van der Waals surface area contributed by atoms with E-state index < -0.39 is 0 Å². The van der Waals surface area contributed by atoms with Crippen LogP contribution in [0.3, 0.4) is 0 Å². The smallest absolute Gasteiger partial charge is 0.133 e. The summed E-state index contributed by atoms with van der Waals surface area (Å²) < 4.78 is 0. The minimum absolute atomic E-state index is 0.603. The molecule has 112 valence electrons. The summed E-state index contributed by atoms with van der Waals surface area (Å²) in [7, 11) is 0. The Labute approximate surface area is 123 Å². The molecule has 1 saturated heterocycles. The average Bonchev–Trinajstić information content (AvgIpc) is 2.61. The molecule has 0 amide bonds. The SMILES string of the molecule is CCNCc1c(C)cc(C)nc1N1CCCCCC1C. The summed E-state index contributed by atoms with van der Waals surface area (Å²) in [5.41, 5.74) is 3.88. The van der Waals surface area contributed by atoms with E-state index >= 15 is 0 Å². The van der Waals surface area contributed by atoms with Crippen LogP contribution in [0.4, 0.5) is 5.82 Å². The fraction of sp³-hybridized carbons (Fsp3) is 0.706. The van der Waals surface area contributed by atoms with Crippen LogP contribution in [0.25, 0.3) is 0 Å². The average molecular weight is 275 g/mol. The van der Waals surface area contributed by atoms with Gasteiger partial charge in [-0.3, -0.25) is 0 Å². The van der Waals surface area contributed by atoms with Crippen molar-refractivity contribution >= 4 is 5.82 Å². The van der Waals surface area contributed by atoms with E-state index in [1.807, 2.05) is 0 Å². The molecule has 1 fully saturated rings. The maximum atomic E-state index is 4.89. The van der Waals surface area contributed by atoms with E-state index in [2.05, 4.69) is 44.0 Å². The fourth-order valence-corrected chi connectivity index (χ4v) is 3.14. The first-order valence-electron chi connectivity index (χ1n) is 8.08. The molecule has 2 rings (SSSR count). The Balaban J connectivity index is 2.36. The van der Waals surface area contributed by atoms with Crippen molar-refractivity contribution in [1.29, 1.82) is 0 Å². The van der Waals surface area contributed by atoms with Crippen LogP contribution in [0.1, 0.15) is 56.4 Å². The third-order valence-corrected chi connectivity index (χ3v) is 4.33. The first-order chi connectivity index (χ1) is 9.63. The van der Waals surface area contributed by atoms with Crippen LogP contribution in [0.2, 0.25) is 0 Å². The molecule has 1 atom stereocenters. The molecule has 0 aromatic carbocycles. The molecule has 1 aliphatic rings. The summed E-state index contributed by atoms with van der Waals surface area (Å²) in [5, 5.41) is 3.47. The summed E-state index contributed by atoms with van der Waals surface area (Å²) in [4.78, 5) is 7.43. The van der Waals surface area contributed by atoms with E-state index in [0.717, 1.165) is 25.3 Å². The van der Waals surface area contributed by atoms with Crippen molar-refractivity contribution < 1.29 is 0 Å². The molecule has 0 aliphatic carbocycles. The standard InChI is InChI=1S/C17H29N3/c1-5-18-12-16-13(2)11-14(3)19-17(16)20-10-8-6-7-9-15(20)4/h11,15,18H,5-10,12H2,1-4H3. The van der Waals surface area contributed by atoms with Crippen molar-refractivity contribution in [3.8, 4) is 0 Å². The van der Waals surface area contributed by atoms with Crippen LogP contribution in [0.15, 0.2) is 6.07 Å². The topological polar surface area (TPSA) is 28.2 Å². The second-order valence-electron chi connectivity index (χ2n) is 6.05. The van der Waals surface area contributed by atoms with Crippen molar-refractivity contribution in [1.82, 2.24) is 10.3 Å². The molecule has 0 saturated carbocycles.